The Kier molecular flexibility index (Phi) is 3.89. The Morgan fingerprint density at radius 3 is 2.59 bits per heavy atom. The molecule has 1 heterocycles. The number of anilines is 1. The fourth-order valence-electron chi connectivity index (χ4n) is 2.17. The average molecular weight is 234 g/mol. The van der Waals surface area contributed by atoms with E-state index in [1.54, 1.807) is 0 Å². The SMILES string of the molecule is CC1CN(c2ccc(OC(C)C)cc2)CCN1. The summed E-state index contributed by atoms with van der Waals surface area (Å²) in [5.41, 5.74) is 1.29. The maximum absolute atomic E-state index is 5.65. The standard InChI is InChI=1S/C14H22N2O/c1-11(2)17-14-6-4-13(5-7-14)16-9-8-15-12(3)10-16/h4-7,11-12,15H,8-10H2,1-3H3. The first kappa shape index (κ1) is 12.2. The van der Waals surface area contributed by atoms with Crippen molar-refractivity contribution >= 4 is 5.69 Å². The van der Waals surface area contributed by atoms with E-state index < -0.39 is 0 Å². The van der Waals surface area contributed by atoms with Gasteiger partial charge in [-0.25, -0.2) is 0 Å². The van der Waals surface area contributed by atoms with Gasteiger partial charge in [0.2, 0.25) is 0 Å². The van der Waals surface area contributed by atoms with Gasteiger partial charge in [0.25, 0.3) is 0 Å². The minimum atomic E-state index is 0.236. The largest absolute Gasteiger partial charge is 0.491 e. The first-order chi connectivity index (χ1) is 8.15. The Morgan fingerprint density at radius 1 is 1.29 bits per heavy atom. The number of benzene rings is 1. The van der Waals surface area contributed by atoms with Crippen molar-refractivity contribution in [3.05, 3.63) is 24.3 Å². The molecule has 1 saturated heterocycles. The molecule has 3 heteroatoms. The third-order valence-corrected chi connectivity index (χ3v) is 2.94. The van der Waals surface area contributed by atoms with Gasteiger partial charge in [0.15, 0.2) is 0 Å². The molecule has 17 heavy (non-hydrogen) atoms. The second kappa shape index (κ2) is 5.41. The minimum absolute atomic E-state index is 0.236. The van der Waals surface area contributed by atoms with E-state index in [2.05, 4.69) is 41.4 Å². The van der Waals surface area contributed by atoms with Crippen molar-refractivity contribution in [1.29, 1.82) is 0 Å². The smallest absolute Gasteiger partial charge is 0.119 e. The minimum Gasteiger partial charge on any atom is -0.491 e. The van der Waals surface area contributed by atoms with E-state index in [0.717, 1.165) is 25.4 Å². The molecule has 1 aliphatic rings. The maximum Gasteiger partial charge on any atom is 0.119 e. The van der Waals surface area contributed by atoms with E-state index in [1.807, 2.05) is 13.8 Å². The summed E-state index contributed by atoms with van der Waals surface area (Å²) < 4.78 is 5.65. The van der Waals surface area contributed by atoms with Gasteiger partial charge in [0.1, 0.15) is 5.75 Å². The van der Waals surface area contributed by atoms with E-state index in [4.69, 9.17) is 4.74 Å². The zero-order valence-corrected chi connectivity index (χ0v) is 10.9. The molecule has 2 rings (SSSR count). The Morgan fingerprint density at radius 2 is 2.00 bits per heavy atom. The van der Waals surface area contributed by atoms with Crippen molar-refractivity contribution in [2.45, 2.75) is 32.9 Å². The van der Waals surface area contributed by atoms with Crippen molar-refractivity contribution in [2.75, 3.05) is 24.5 Å². The lowest BCUT2D eigenvalue weighted by Crippen LogP contribution is -2.49. The third kappa shape index (κ3) is 3.37. The Hall–Kier alpha value is -1.22. The van der Waals surface area contributed by atoms with Gasteiger partial charge < -0.3 is 15.0 Å². The second-order valence-corrected chi connectivity index (χ2v) is 4.96. The molecule has 1 aromatic carbocycles. The lowest BCUT2D eigenvalue weighted by Gasteiger charge is -2.33. The highest BCUT2D eigenvalue weighted by atomic mass is 16.5. The molecule has 0 saturated carbocycles. The molecule has 0 spiro atoms. The summed E-state index contributed by atoms with van der Waals surface area (Å²) >= 11 is 0. The van der Waals surface area contributed by atoms with E-state index in [-0.39, 0.29) is 6.10 Å². The summed E-state index contributed by atoms with van der Waals surface area (Å²) in [6, 6.07) is 8.98. The predicted molar refractivity (Wildman–Crippen MR) is 71.9 cm³/mol. The highest BCUT2D eigenvalue weighted by molar-refractivity contribution is 5.49. The highest BCUT2D eigenvalue weighted by Gasteiger charge is 2.15. The molecular weight excluding hydrogens is 212 g/mol. The van der Waals surface area contributed by atoms with Crippen LogP contribution >= 0.6 is 0 Å². The lowest BCUT2D eigenvalue weighted by atomic mass is 10.2. The molecule has 1 aliphatic heterocycles. The molecule has 0 amide bonds. The zero-order valence-electron chi connectivity index (χ0n) is 10.9. The van der Waals surface area contributed by atoms with Crippen LogP contribution in [0.4, 0.5) is 5.69 Å². The average Bonchev–Trinajstić information content (AvgIpc) is 2.29. The number of ether oxygens (including phenoxy) is 1. The molecule has 0 aromatic heterocycles. The van der Waals surface area contributed by atoms with Crippen molar-refractivity contribution in [3.63, 3.8) is 0 Å². The van der Waals surface area contributed by atoms with Crippen LogP contribution in [0, 0.1) is 0 Å². The number of rotatable bonds is 3. The van der Waals surface area contributed by atoms with Crippen LogP contribution < -0.4 is 15.0 Å². The number of hydrogen-bond donors (Lipinski definition) is 1. The van der Waals surface area contributed by atoms with Gasteiger partial charge in [-0.05, 0) is 45.0 Å². The van der Waals surface area contributed by atoms with Gasteiger partial charge in [0, 0.05) is 31.4 Å². The molecule has 1 N–H and O–H groups in total. The topological polar surface area (TPSA) is 24.5 Å². The molecule has 1 unspecified atom stereocenters. The molecule has 1 aromatic rings. The van der Waals surface area contributed by atoms with Gasteiger partial charge in [-0.1, -0.05) is 0 Å². The van der Waals surface area contributed by atoms with Crippen LogP contribution in [0.15, 0.2) is 24.3 Å². The second-order valence-electron chi connectivity index (χ2n) is 4.96. The van der Waals surface area contributed by atoms with Crippen LogP contribution in [-0.4, -0.2) is 31.8 Å². The quantitative estimate of drug-likeness (QED) is 0.868. The first-order valence-electron chi connectivity index (χ1n) is 6.40. The molecule has 1 atom stereocenters. The summed E-state index contributed by atoms with van der Waals surface area (Å²) in [6.45, 7) is 9.53. The molecule has 94 valence electrons. The van der Waals surface area contributed by atoms with Crippen molar-refractivity contribution in [1.82, 2.24) is 5.32 Å². The number of piperazine rings is 1. The molecule has 1 fully saturated rings. The molecule has 3 nitrogen and oxygen atoms in total. The number of hydrogen-bond acceptors (Lipinski definition) is 3. The van der Waals surface area contributed by atoms with Crippen LogP contribution in [0.2, 0.25) is 0 Å². The first-order valence-corrected chi connectivity index (χ1v) is 6.40. The van der Waals surface area contributed by atoms with Crippen LogP contribution in [0.3, 0.4) is 0 Å². The summed E-state index contributed by atoms with van der Waals surface area (Å²) in [5, 5.41) is 3.45. The number of nitrogens with one attached hydrogen (secondary N) is 1. The number of nitrogens with zero attached hydrogens (tertiary/aromatic N) is 1. The van der Waals surface area contributed by atoms with Crippen molar-refractivity contribution in [3.8, 4) is 5.75 Å². The molecule has 0 bridgehead atoms. The molecule has 0 aliphatic carbocycles. The van der Waals surface area contributed by atoms with Crippen molar-refractivity contribution < 1.29 is 4.74 Å². The maximum atomic E-state index is 5.65. The van der Waals surface area contributed by atoms with Crippen LogP contribution in [0.25, 0.3) is 0 Å². The molecule has 0 radical (unpaired) electrons. The summed E-state index contributed by atoms with van der Waals surface area (Å²) in [6.07, 6.45) is 0.236. The van der Waals surface area contributed by atoms with Crippen LogP contribution in [-0.2, 0) is 0 Å². The Bertz CT molecular complexity index is 348. The van der Waals surface area contributed by atoms with Crippen molar-refractivity contribution in [2.24, 2.45) is 0 Å². The monoisotopic (exact) mass is 234 g/mol. The van der Waals surface area contributed by atoms with Gasteiger partial charge in [-0.2, -0.15) is 0 Å². The highest BCUT2D eigenvalue weighted by Crippen LogP contribution is 2.21. The summed E-state index contributed by atoms with van der Waals surface area (Å²) in [4.78, 5) is 2.42. The summed E-state index contributed by atoms with van der Waals surface area (Å²) in [5.74, 6) is 0.951. The van der Waals surface area contributed by atoms with E-state index in [0.29, 0.717) is 6.04 Å². The van der Waals surface area contributed by atoms with E-state index in [1.165, 1.54) is 5.69 Å². The van der Waals surface area contributed by atoms with E-state index in [9.17, 15) is 0 Å². The molecular formula is C14H22N2O. The fraction of sp³-hybridized carbons (Fsp3) is 0.571. The third-order valence-electron chi connectivity index (χ3n) is 2.94. The van der Waals surface area contributed by atoms with Gasteiger partial charge >= 0.3 is 0 Å². The lowest BCUT2D eigenvalue weighted by molar-refractivity contribution is 0.242. The van der Waals surface area contributed by atoms with Crippen LogP contribution in [0.5, 0.6) is 5.75 Å². The predicted octanol–water partition coefficient (Wildman–Crippen LogP) is 2.27. The zero-order chi connectivity index (χ0) is 12.3. The van der Waals surface area contributed by atoms with Crippen LogP contribution in [0.1, 0.15) is 20.8 Å². The van der Waals surface area contributed by atoms with E-state index >= 15 is 0 Å². The summed E-state index contributed by atoms with van der Waals surface area (Å²) in [7, 11) is 0. The van der Waals surface area contributed by atoms with Gasteiger partial charge in [-0.3, -0.25) is 0 Å². The Balaban J connectivity index is 2.01. The van der Waals surface area contributed by atoms with Gasteiger partial charge in [-0.15, -0.1) is 0 Å². The normalized spacial score (nSPS) is 20.7. The Labute approximate surface area is 104 Å². The fourth-order valence-corrected chi connectivity index (χ4v) is 2.17. The van der Waals surface area contributed by atoms with Gasteiger partial charge in [0.05, 0.1) is 6.10 Å².